The van der Waals surface area contributed by atoms with Crippen LogP contribution < -0.4 is 4.74 Å². The minimum atomic E-state index is -1.08. The summed E-state index contributed by atoms with van der Waals surface area (Å²) in [5.74, 6) is -0.631. The molecule has 0 aromatic heterocycles. The number of benzene rings is 2. The van der Waals surface area contributed by atoms with Crippen molar-refractivity contribution >= 4 is 29.4 Å². The van der Waals surface area contributed by atoms with Crippen LogP contribution in [0.5, 0.6) is 5.75 Å². The Balaban J connectivity index is 1.48. The van der Waals surface area contributed by atoms with Crippen LogP contribution >= 0.6 is 11.6 Å². The molecule has 4 rings (SSSR count). The Morgan fingerprint density at radius 2 is 1.78 bits per heavy atom. The number of likely N-dealkylation sites (tertiary alicyclic amines) is 1. The summed E-state index contributed by atoms with van der Waals surface area (Å²) in [4.78, 5) is 39.2. The van der Waals surface area contributed by atoms with E-state index in [0.29, 0.717) is 17.5 Å². The highest BCUT2D eigenvalue weighted by molar-refractivity contribution is 6.30. The average Bonchev–Trinajstić information content (AvgIpc) is 3.49. The van der Waals surface area contributed by atoms with Gasteiger partial charge in [-0.25, -0.2) is 4.79 Å². The molecule has 1 saturated heterocycles. The maximum atomic E-state index is 12.0. The van der Waals surface area contributed by atoms with Gasteiger partial charge in [-0.15, -0.1) is 0 Å². The Labute approximate surface area is 217 Å². The van der Waals surface area contributed by atoms with Crippen LogP contribution in [0.1, 0.15) is 73.0 Å². The maximum Gasteiger partial charge on any atom is 0.339 e. The lowest BCUT2D eigenvalue weighted by atomic mass is 10.0. The molecule has 1 atom stereocenters. The van der Waals surface area contributed by atoms with Gasteiger partial charge in [-0.1, -0.05) is 42.6 Å². The van der Waals surface area contributed by atoms with Crippen LogP contribution in [-0.4, -0.2) is 52.4 Å². The van der Waals surface area contributed by atoms with Gasteiger partial charge in [0.1, 0.15) is 17.9 Å². The number of ether oxygens (including phenoxy) is 1. The lowest BCUT2D eigenvalue weighted by molar-refractivity contribution is -0.138. The first-order valence-electron chi connectivity index (χ1n) is 12.6. The highest BCUT2D eigenvalue weighted by atomic mass is 35.5. The molecule has 2 aromatic carbocycles. The van der Waals surface area contributed by atoms with E-state index in [0.717, 1.165) is 12.1 Å². The predicted molar refractivity (Wildman–Crippen MR) is 137 cm³/mol. The summed E-state index contributed by atoms with van der Waals surface area (Å²) < 4.78 is 5.70. The molecular formula is C28H33ClN2O5. The lowest BCUT2D eigenvalue weighted by Crippen LogP contribution is -2.33. The number of halogens is 1. The second-order valence-corrected chi connectivity index (χ2v) is 10.2. The molecule has 1 aliphatic heterocycles. The molecule has 7 nitrogen and oxygen atoms in total. The number of carbonyl (C=O) groups is 3. The van der Waals surface area contributed by atoms with Crippen LogP contribution in [0.25, 0.3) is 0 Å². The molecule has 2 amide bonds. The number of carboxylic acids is 1. The summed E-state index contributed by atoms with van der Waals surface area (Å²) in [6.07, 6.45) is 5.41. The summed E-state index contributed by atoms with van der Waals surface area (Å²) in [6.45, 7) is 3.90. The SMILES string of the molecule is C[C@@H](c1ccc(Cl)cc1)N(Cc1ccc(OCCN2C(=O)CCC2=O)c(C(=O)O)c1)CC1CCCC1. The topological polar surface area (TPSA) is 87.2 Å². The van der Waals surface area contributed by atoms with Crippen molar-refractivity contribution in [2.75, 3.05) is 19.7 Å². The van der Waals surface area contributed by atoms with Crippen LogP contribution in [0.15, 0.2) is 42.5 Å². The molecule has 36 heavy (non-hydrogen) atoms. The van der Waals surface area contributed by atoms with Crippen LogP contribution in [0.4, 0.5) is 0 Å². The van der Waals surface area contributed by atoms with Crippen molar-refractivity contribution < 1.29 is 24.2 Å². The van der Waals surface area contributed by atoms with Gasteiger partial charge in [-0.2, -0.15) is 0 Å². The zero-order chi connectivity index (χ0) is 25.7. The number of rotatable bonds is 11. The Morgan fingerprint density at radius 3 is 2.42 bits per heavy atom. The van der Waals surface area contributed by atoms with Gasteiger partial charge in [0.2, 0.25) is 11.8 Å². The van der Waals surface area contributed by atoms with Gasteiger partial charge in [0.05, 0.1) is 6.54 Å². The monoisotopic (exact) mass is 512 g/mol. The van der Waals surface area contributed by atoms with Gasteiger partial charge in [-0.05, 0) is 61.1 Å². The predicted octanol–water partition coefficient (Wildman–Crippen LogP) is 5.32. The van der Waals surface area contributed by atoms with Crippen molar-refractivity contribution in [3.05, 3.63) is 64.2 Å². The molecule has 192 valence electrons. The lowest BCUT2D eigenvalue weighted by Gasteiger charge is -2.32. The third kappa shape index (κ3) is 6.45. The van der Waals surface area contributed by atoms with E-state index in [1.807, 2.05) is 30.3 Å². The quantitative estimate of drug-likeness (QED) is 0.410. The van der Waals surface area contributed by atoms with Crippen molar-refractivity contribution in [1.29, 1.82) is 0 Å². The fourth-order valence-corrected chi connectivity index (χ4v) is 5.28. The molecule has 2 fully saturated rings. The second-order valence-electron chi connectivity index (χ2n) is 9.73. The molecule has 2 aliphatic rings. The molecule has 2 aromatic rings. The van der Waals surface area contributed by atoms with Crippen molar-refractivity contribution in [3.8, 4) is 5.75 Å². The van der Waals surface area contributed by atoms with Gasteiger partial charge in [-0.3, -0.25) is 19.4 Å². The highest BCUT2D eigenvalue weighted by Crippen LogP contribution is 2.31. The summed E-state index contributed by atoms with van der Waals surface area (Å²) in [6, 6.07) is 13.3. The summed E-state index contributed by atoms with van der Waals surface area (Å²) in [5.41, 5.74) is 2.14. The minimum Gasteiger partial charge on any atom is -0.491 e. The van der Waals surface area contributed by atoms with E-state index in [2.05, 4.69) is 11.8 Å². The Morgan fingerprint density at radius 1 is 1.11 bits per heavy atom. The molecule has 1 heterocycles. The fourth-order valence-electron chi connectivity index (χ4n) is 5.16. The molecule has 1 N–H and O–H groups in total. The number of nitrogens with zero attached hydrogens (tertiary/aromatic N) is 2. The molecule has 0 radical (unpaired) electrons. The Kier molecular flexibility index (Phi) is 8.64. The van der Waals surface area contributed by atoms with Crippen molar-refractivity contribution in [2.45, 2.75) is 58.0 Å². The number of hydrogen-bond acceptors (Lipinski definition) is 5. The highest BCUT2D eigenvalue weighted by Gasteiger charge is 2.29. The van der Waals surface area contributed by atoms with E-state index < -0.39 is 5.97 Å². The number of amides is 2. The first-order valence-corrected chi connectivity index (χ1v) is 13.0. The van der Waals surface area contributed by atoms with Crippen molar-refractivity contribution in [3.63, 3.8) is 0 Å². The largest absolute Gasteiger partial charge is 0.491 e. The van der Waals surface area contributed by atoms with Crippen molar-refractivity contribution in [2.24, 2.45) is 5.92 Å². The second kappa shape index (κ2) is 11.9. The molecule has 0 bridgehead atoms. The molecular weight excluding hydrogens is 480 g/mol. The zero-order valence-electron chi connectivity index (χ0n) is 20.6. The Bertz CT molecular complexity index is 1080. The summed E-state index contributed by atoms with van der Waals surface area (Å²) in [5, 5.41) is 10.5. The van der Waals surface area contributed by atoms with Crippen LogP contribution in [-0.2, 0) is 16.1 Å². The number of carboxylic acid groups (broad SMARTS) is 1. The van der Waals surface area contributed by atoms with Gasteiger partial charge in [0.25, 0.3) is 0 Å². The smallest absolute Gasteiger partial charge is 0.339 e. The van der Waals surface area contributed by atoms with Gasteiger partial charge < -0.3 is 9.84 Å². The molecule has 1 saturated carbocycles. The van der Waals surface area contributed by atoms with Gasteiger partial charge >= 0.3 is 5.97 Å². The molecule has 0 unspecified atom stereocenters. The van der Waals surface area contributed by atoms with Crippen LogP contribution in [0, 0.1) is 5.92 Å². The van der Waals surface area contributed by atoms with E-state index in [-0.39, 0.29) is 55.2 Å². The van der Waals surface area contributed by atoms with Crippen molar-refractivity contribution in [1.82, 2.24) is 9.80 Å². The van der Waals surface area contributed by atoms with Crippen LogP contribution in [0.3, 0.4) is 0 Å². The van der Waals surface area contributed by atoms with E-state index in [1.165, 1.54) is 36.1 Å². The van der Waals surface area contributed by atoms with E-state index in [1.54, 1.807) is 12.1 Å². The summed E-state index contributed by atoms with van der Waals surface area (Å²) in [7, 11) is 0. The third-order valence-corrected chi connectivity index (χ3v) is 7.51. The number of carbonyl (C=O) groups excluding carboxylic acids is 2. The molecule has 0 spiro atoms. The number of aromatic carboxylic acids is 1. The third-order valence-electron chi connectivity index (χ3n) is 7.25. The van der Waals surface area contributed by atoms with Gasteiger partial charge in [0.15, 0.2) is 0 Å². The first kappa shape index (κ1) is 26.2. The Hall–Kier alpha value is -2.90. The first-order chi connectivity index (χ1) is 17.3. The maximum absolute atomic E-state index is 12.0. The minimum absolute atomic E-state index is 0.0541. The van der Waals surface area contributed by atoms with Crippen LogP contribution in [0.2, 0.25) is 5.02 Å². The normalized spacial score (nSPS) is 17.2. The van der Waals surface area contributed by atoms with Gasteiger partial charge in [0, 0.05) is 37.0 Å². The number of hydrogen-bond donors (Lipinski definition) is 1. The molecule has 1 aliphatic carbocycles. The molecule has 8 heteroatoms. The van der Waals surface area contributed by atoms with E-state index in [4.69, 9.17) is 16.3 Å². The van der Waals surface area contributed by atoms with E-state index in [9.17, 15) is 19.5 Å². The average molecular weight is 513 g/mol. The standard InChI is InChI=1S/C28H33ClN2O5/c1-19(22-7-9-23(29)10-8-22)30(17-20-4-2-3-5-20)18-21-6-11-25(24(16-21)28(34)35)36-15-14-31-26(32)12-13-27(31)33/h6-11,16,19-20H,2-5,12-15,17-18H2,1H3,(H,34,35)/t19-/m0/s1. The zero-order valence-corrected chi connectivity index (χ0v) is 21.4. The fraction of sp³-hybridized carbons (Fsp3) is 0.464. The number of imide groups is 1. The van der Waals surface area contributed by atoms with E-state index >= 15 is 0 Å². The summed E-state index contributed by atoms with van der Waals surface area (Å²) >= 11 is 6.10.